The fourth-order valence-corrected chi connectivity index (χ4v) is 4.39. The van der Waals surface area contributed by atoms with Crippen LogP contribution in [0, 0.1) is 5.82 Å². The molecule has 0 spiro atoms. The Hall–Kier alpha value is -4.46. The Morgan fingerprint density at radius 2 is 1.91 bits per heavy atom. The maximum Gasteiger partial charge on any atom is 0.335 e. The number of pyridine rings is 1. The van der Waals surface area contributed by atoms with Crippen LogP contribution in [0.25, 0.3) is 27.7 Å². The minimum absolute atomic E-state index is 0.0837. The van der Waals surface area contributed by atoms with E-state index in [4.69, 9.17) is 4.74 Å². The zero-order valence-corrected chi connectivity index (χ0v) is 18.9. The van der Waals surface area contributed by atoms with Gasteiger partial charge in [-0.25, -0.2) is 14.2 Å². The van der Waals surface area contributed by atoms with Crippen molar-refractivity contribution >= 4 is 28.5 Å². The first kappa shape index (κ1) is 22.3. The van der Waals surface area contributed by atoms with Crippen LogP contribution in [-0.2, 0) is 0 Å². The van der Waals surface area contributed by atoms with E-state index in [1.54, 1.807) is 36.4 Å². The number of nitrogens with one attached hydrogen (secondary N) is 1. The summed E-state index contributed by atoms with van der Waals surface area (Å²) in [7, 11) is 1.55. The van der Waals surface area contributed by atoms with Gasteiger partial charge in [0, 0.05) is 41.5 Å². The van der Waals surface area contributed by atoms with Crippen LogP contribution in [0.2, 0.25) is 0 Å². The van der Waals surface area contributed by atoms with Crippen LogP contribution in [0.4, 0.5) is 4.39 Å². The normalized spacial score (nSPS) is 13.5. The first-order valence-corrected chi connectivity index (χ1v) is 11.1. The van der Waals surface area contributed by atoms with Crippen molar-refractivity contribution in [2.45, 2.75) is 6.42 Å². The summed E-state index contributed by atoms with van der Waals surface area (Å²) < 4.78 is 19.4. The van der Waals surface area contributed by atoms with E-state index in [9.17, 15) is 19.1 Å². The van der Waals surface area contributed by atoms with Crippen molar-refractivity contribution in [2.24, 2.45) is 0 Å². The summed E-state index contributed by atoms with van der Waals surface area (Å²) in [5, 5.41) is 10.0. The van der Waals surface area contributed by atoms with Crippen LogP contribution in [0.5, 0.6) is 5.75 Å². The minimum atomic E-state index is -1.07. The average Bonchev–Trinajstić information content (AvgIpc) is 3.33. The van der Waals surface area contributed by atoms with E-state index in [0.29, 0.717) is 42.0 Å². The quantitative estimate of drug-likeness (QED) is 0.427. The Bertz CT molecular complexity index is 1490. The molecule has 2 aromatic heterocycles. The number of nitrogens with zero attached hydrogens (tertiary/aromatic N) is 2. The largest absolute Gasteiger partial charge is 0.496 e. The lowest BCUT2D eigenvalue weighted by Crippen LogP contribution is -2.34. The molecular formula is C27H22FN3O4. The fraction of sp³-hybridized carbons (Fsp3) is 0.148. The highest BCUT2D eigenvalue weighted by Gasteiger charge is 2.22. The summed E-state index contributed by atoms with van der Waals surface area (Å²) in [6.07, 6.45) is 4.27. The SMILES string of the molecule is COc1ccc(F)cc1-c1ccnc2[nH]c(C3=CCN(C(=O)c4cccc(C(=O)O)c4)CC3)cc12. The smallest absolute Gasteiger partial charge is 0.335 e. The summed E-state index contributed by atoms with van der Waals surface area (Å²) in [4.78, 5) is 33.6. The Balaban J connectivity index is 1.42. The third-order valence-electron chi connectivity index (χ3n) is 6.18. The number of carboxylic acids is 1. The van der Waals surface area contributed by atoms with Gasteiger partial charge >= 0.3 is 5.97 Å². The molecule has 0 fully saturated rings. The number of hydrogen-bond acceptors (Lipinski definition) is 4. The van der Waals surface area contributed by atoms with Gasteiger partial charge < -0.3 is 19.7 Å². The standard InChI is InChI=1S/C27H22FN3O4/c1-35-24-6-5-19(28)14-21(24)20-7-10-29-25-22(20)15-23(30-25)16-8-11-31(12-9-16)26(32)17-3-2-4-18(13-17)27(33)34/h2-8,10,13-15H,9,11-12H2,1H3,(H,29,30)(H,33,34). The number of carbonyl (C=O) groups excluding carboxylic acids is 1. The van der Waals surface area contributed by atoms with Crippen molar-refractivity contribution in [1.29, 1.82) is 0 Å². The van der Waals surface area contributed by atoms with E-state index in [1.807, 2.05) is 18.2 Å². The Kier molecular flexibility index (Phi) is 5.78. The van der Waals surface area contributed by atoms with Gasteiger partial charge in [-0.3, -0.25) is 4.79 Å². The maximum atomic E-state index is 14.0. The average molecular weight is 471 g/mol. The van der Waals surface area contributed by atoms with Crippen molar-refractivity contribution in [3.8, 4) is 16.9 Å². The Morgan fingerprint density at radius 3 is 2.66 bits per heavy atom. The number of ether oxygens (including phenoxy) is 1. The molecule has 35 heavy (non-hydrogen) atoms. The van der Waals surface area contributed by atoms with Crippen LogP contribution in [0.1, 0.15) is 32.8 Å². The highest BCUT2D eigenvalue weighted by Crippen LogP contribution is 2.36. The second kappa shape index (κ2) is 9.06. The summed E-state index contributed by atoms with van der Waals surface area (Å²) in [5.41, 5.74) is 4.49. The summed E-state index contributed by atoms with van der Waals surface area (Å²) in [5.74, 6) is -1.06. The van der Waals surface area contributed by atoms with E-state index in [0.717, 1.165) is 22.2 Å². The van der Waals surface area contributed by atoms with Crippen molar-refractivity contribution < 1.29 is 23.8 Å². The molecule has 2 N–H and O–H groups in total. The van der Waals surface area contributed by atoms with Gasteiger partial charge in [0.25, 0.3) is 5.91 Å². The molecule has 5 rings (SSSR count). The molecule has 1 amide bonds. The number of amides is 1. The van der Waals surface area contributed by atoms with E-state index < -0.39 is 5.97 Å². The predicted octanol–water partition coefficient (Wildman–Crippen LogP) is 5.01. The molecule has 4 aromatic rings. The molecule has 1 aliphatic heterocycles. The van der Waals surface area contributed by atoms with Gasteiger partial charge in [0.05, 0.1) is 12.7 Å². The Morgan fingerprint density at radius 1 is 1.09 bits per heavy atom. The highest BCUT2D eigenvalue weighted by molar-refractivity contribution is 5.99. The molecule has 0 bridgehead atoms. The van der Waals surface area contributed by atoms with E-state index >= 15 is 0 Å². The van der Waals surface area contributed by atoms with Gasteiger partial charge in [0.15, 0.2) is 0 Å². The van der Waals surface area contributed by atoms with Crippen molar-refractivity contribution in [3.63, 3.8) is 0 Å². The number of carboxylic acid groups (broad SMARTS) is 1. The number of rotatable bonds is 5. The van der Waals surface area contributed by atoms with Crippen molar-refractivity contribution in [2.75, 3.05) is 20.2 Å². The van der Waals surface area contributed by atoms with Crippen LogP contribution >= 0.6 is 0 Å². The van der Waals surface area contributed by atoms with Crippen molar-refractivity contribution in [1.82, 2.24) is 14.9 Å². The first-order valence-electron chi connectivity index (χ1n) is 11.1. The molecule has 176 valence electrons. The molecule has 3 heterocycles. The highest BCUT2D eigenvalue weighted by atomic mass is 19.1. The lowest BCUT2D eigenvalue weighted by atomic mass is 10.0. The van der Waals surface area contributed by atoms with Gasteiger partial charge in [-0.1, -0.05) is 12.1 Å². The number of aromatic nitrogens is 2. The molecule has 1 aliphatic rings. The maximum absolute atomic E-state index is 14.0. The summed E-state index contributed by atoms with van der Waals surface area (Å²) in [6, 6.07) is 14.3. The molecule has 0 unspecified atom stereocenters. The molecule has 0 saturated carbocycles. The number of aromatic carboxylic acids is 1. The predicted molar refractivity (Wildman–Crippen MR) is 130 cm³/mol. The van der Waals surface area contributed by atoms with Gasteiger partial charge in [0.2, 0.25) is 0 Å². The molecule has 7 nitrogen and oxygen atoms in total. The first-order chi connectivity index (χ1) is 16.9. The number of methoxy groups -OCH3 is 1. The van der Waals surface area contributed by atoms with E-state index in [1.165, 1.54) is 24.3 Å². The molecular weight excluding hydrogens is 449 g/mol. The lowest BCUT2D eigenvalue weighted by Gasteiger charge is -2.26. The van der Waals surface area contributed by atoms with Crippen LogP contribution < -0.4 is 4.74 Å². The number of aromatic amines is 1. The fourth-order valence-electron chi connectivity index (χ4n) is 4.39. The Labute approximate surface area is 200 Å². The third kappa shape index (κ3) is 4.26. The molecule has 2 aromatic carbocycles. The van der Waals surface area contributed by atoms with Gasteiger partial charge in [-0.2, -0.15) is 0 Å². The van der Waals surface area contributed by atoms with Gasteiger partial charge in [-0.15, -0.1) is 0 Å². The van der Waals surface area contributed by atoms with Crippen LogP contribution in [0.3, 0.4) is 0 Å². The topological polar surface area (TPSA) is 95.5 Å². The minimum Gasteiger partial charge on any atom is -0.496 e. The number of carbonyl (C=O) groups is 2. The third-order valence-corrected chi connectivity index (χ3v) is 6.18. The molecule has 0 radical (unpaired) electrons. The molecule has 0 aliphatic carbocycles. The second-order valence-corrected chi connectivity index (χ2v) is 8.26. The number of halogens is 1. The number of benzene rings is 2. The number of H-pyrrole nitrogens is 1. The van der Waals surface area contributed by atoms with Crippen LogP contribution in [-0.4, -0.2) is 52.1 Å². The lowest BCUT2D eigenvalue weighted by molar-refractivity contribution is 0.0697. The summed E-state index contributed by atoms with van der Waals surface area (Å²) >= 11 is 0. The summed E-state index contributed by atoms with van der Waals surface area (Å²) in [6.45, 7) is 0.897. The number of fused-ring (bicyclic) bond motifs is 1. The van der Waals surface area contributed by atoms with Crippen molar-refractivity contribution in [3.05, 3.63) is 89.5 Å². The molecule has 0 atom stereocenters. The van der Waals surface area contributed by atoms with E-state index in [2.05, 4.69) is 9.97 Å². The van der Waals surface area contributed by atoms with Gasteiger partial charge in [0.1, 0.15) is 17.2 Å². The zero-order chi connectivity index (χ0) is 24.5. The molecule has 0 saturated heterocycles. The number of hydrogen-bond donors (Lipinski definition) is 2. The van der Waals surface area contributed by atoms with Crippen LogP contribution in [0.15, 0.2) is 66.9 Å². The monoisotopic (exact) mass is 471 g/mol. The van der Waals surface area contributed by atoms with E-state index in [-0.39, 0.29) is 17.3 Å². The second-order valence-electron chi connectivity index (χ2n) is 8.26. The zero-order valence-electron chi connectivity index (χ0n) is 18.9. The van der Waals surface area contributed by atoms with Gasteiger partial charge in [-0.05, 0) is 66.1 Å². The molecule has 8 heteroatoms.